The summed E-state index contributed by atoms with van der Waals surface area (Å²) in [6.45, 7) is 0. The first-order chi connectivity index (χ1) is 7.56. The second-order valence-corrected chi connectivity index (χ2v) is 5.82. The van der Waals surface area contributed by atoms with Crippen molar-refractivity contribution >= 4 is 15.7 Å². The predicted molar refractivity (Wildman–Crippen MR) is 66.0 cm³/mol. The maximum Gasteiger partial charge on any atom is 0.229 e. The van der Waals surface area contributed by atoms with Crippen LogP contribution in [0.4, 0.5) is 5.69 Å². The molecule has 16 heavy (non-hydrogen) atoms. The maximum atomic E-state index is 11.2. The molecule has 2 rings (SSSR count). The zero-order valence-electron chi connectivity index (χ0n) is 9.18. The lowest BCUT2D eigenvalue weighted by Gasteiger charge is -2.14. The Labute approximate surface area is 96.2 Å². The normalized spacial score (nSPS) is 19.9. The van der Waals surface area contributed by atoms with Crippen molar-refractivity contribution in [3.8, 4) is 0 Å². The van der Waals surface area contributed by atoms with Gasteiger partial charge in [0, 0.05) is 5.92 Å². The summed E-state index contributed by atoms with van der Waals surface area (Å²) >= 11 is 0. The van der Waals surface area contributed by atoms with E-state index in [4.69, 9.17) is 0 Å². The predicted octanol–water partition coefficient (Wildman–Crippen LogP) is 2.49. The van der Waals surface area contributed by atoms with Gasteiger partial charge in [0.2, 0.25) is 10.0 Å². The van der Waals surface area contributed by atoms with E-state index in [1.165, 1.54) is 6.26 Å². The summed E-state index contributed by atoms with van der Waals surface area (Å²) in [7, 11) is -3.20. The fraction of sp³-hybridized carbons (Fsp3) is 0.333. The summed E-state index contributed by atoms with van der Waals surface area (Å²) < 4.78 is 25.0. The lowest BCUT2D eigenvalue weighted by Crippen LogP contribution is -2.11. The third kappa shape index (κ3) is 2.64. The summed E-state index contributed by atoms with van der Waals surface area (Å²) in [4.78, 5) is 0. The highest BCUT2D eigenvalue weighted by atomic mass is 32.2. The molecule has 0 amide bonds. The zero-order valence-corrected chi connectivity index (χ0v) is 10.00. The van der Waals surface area contributed by atoms with Gasteiger partial charge in [0.25, 0.3) is 0 Å². The topological polar surface area (TPSA) is 46.2 Å². The summed E-state index contributed by atoms with van der Waals surface area (Å²) in [5.41, 5.74) is 1.75. The molecule has 1 aromatic rings. The number of anilines is 1. The van der Waals surface area contributed by atoms with Crippen LogP contribution in [0.5, 0.6) is 0 Å². The van der Waals surface area contributed by atoms with Crippen LogP contribution in [0.1, 0.15) is 24.3 Å². The van der Waals surface area contributed by atoms with E-state index < -0.39 is 10.0 Å². The number of hydrogen-bond donors (Lipinski definition) is 1. The van der Waals surface area contributed by atoms with Crippen molar-refractivity contribution in [2.45, 2.75) is 18.8 Å². The number of hydrogen-bond acceptors (Lipinski definition) is 2. The van der Waals surface area contributed by atoms with Crippen LogP contribution in [0.2, 0.25) is 0 Å². The largest absolute Gasteiger partial charge is 0.283 e. The van der Waals surface area contributed by atoms with Gasteiger partial charge < -0.3 is 0 Å². The molecule has 0 aliphatic heterocycles. The number of allylic oxidation sites excluding steroid dienone is 2. The van der Waals surface area contributed by atoms with E-state index in [0.717, 1.165) is 18.4 Å². The first-order valence-corrected chi connectivity index (χ1v) is 7.19. The van der Waals surface area contributed by atoms with Gasteiger partial charge in [0.05, 0.1) is 11.9 Å². The standard InChI is InChI=1S/C12H15NO2S/c1-16(14,15)13-12-9-5-4-8-11(12)10-6-2-3-7-10/h2,4-6,8-10,13H,3,7H2,1H3. The molecule has 1 atom stereocenters. The molecule has 0 spiro atoms. The SMILES string of the molecule is CS(=O)(=O)Nc1ccccc1C1C=CCC1. The molecule has 4 heteroatoms. The van der Waals surface area contributed by atoms with Gasteiger partial charge in [-0.3, -0.25) is 4.72 Å². The fourth-order valence-electron chi connectivity index (χ4n) is 2.00. The quantitative estimate of drug-likeness (QED) is 0.821. The first kappa shape index (κ1) is 11.2. The molecule has 1 aromatic carbocycles. The number of para-hydroxylation sites is 1. The Morgan fingerprint density at radius 1 is 1.31 bits per heavy atom. The van der Waals surface area contributed by atoms with Gasteiger partial charge in [-0.15, -0.1) is 0 Å². The molecule has 0 fully saturated rings. The highest BCUT2D eigenvalue weighted by molar-refractivity contribution is 7.92. The van der Waals surface area contributed by atoms with Crippen molar-refractivity contribution in [1.29, 1.82) is 0 Å². The van der Waals surface area contributed by atoms with Gasteiger partial charge in [0.15, 0.2) is 0 Å². The smallest absolute Gasteiger partial charge is 0.229 e. The second kappa shape index (κ2) is 4.29. The van der Waals surface area contributed by atoms with Crippen LogP contribution >= 0.6 is 0 Å². The number of benzene rings is 1. The fourth-order valence-corrected chi connectivity index (χ4v) is 2.59. The van der Waals surface area contributed by atoms with Crippen LogP contribution in [0.3, 0.4) is 0 Å². The number of nitrogens with one attached hydrogen (secondary N) is 1. The Morgan fingerprint density at radius 3 is 2.69 bits per heavy atom. The van der Waals surface area contributed by atoms with Crippen LogP contribution in [0.25, 0.3) is 0 Å². The Hall–Kier alpha value is -1.29. The molecule has 0 saturated heterocycles. The number of sulfonamides is 1. The molecule has 1 aliphatic rings. The molecular formula is C12H15NO2S. The van der Waals surface area contributed by atoms with E-state index in [-0.39, 0.29) is 0 Å². The molecule has 0 radical (unpaired) electrons. The Morgan fingerprint density at radius 2 is 2.06 bits per heavy atom. The maximum absolute atomic E-state index is 11.2. The Balaban J connectivity index is 2.34. The molecular weight excluding hydrogens is 222 g/mol. The highest BCUT2D eigenvalue weighted by Gasteiger charge is 2.16. The van der Waals surface area contributed by atoms with Crippen molar-refractivity contribution in [2.24, 2.45) is 0 Å². The summed E-state index contributed by atoms with van der Waals surface area (Å²) in [5.74, 6) is 0.338. The molecule has 1 N–H and O–H groups in total. The molecule has 0 bridgehead atoms. The van der Waals surface area contributed by atoms with Gasteiger partial charge in [-0.25, -0.2) is 8.42 Å². The first-order valence-electron chi connectivity index (χ1n) is 5.29. The van der Waals surface area contributed by atoms with Crippen molar-refractivity contribution in [3.05, 3.63) is 42.0 Å². The minimum Gasteiger partial charge on any atom is -0.283 e. The van der Waals surface area contributed by atoms with Gasteiger partial charge >= 0.3 is 0 Å². The van der Waals surface area contributed by atoms with E-state index in [1.54, 1.807) is 0 Å². The lowest BCUT2D eigenvalue weighted by atomic mass is 9.97. The van der Waals surface area contributed by atoms with Crippen molar-refractivity contribution < 1.29 is 8.42 Å². The van der Waals surface area contributed by atoms with Crippen LogP contribution < -0.4 is 4.72 Å². The summed E-state index contributed by atoms with van der Waals surface area (Å²) in [5, 5.41) is 0. The number of rotatable bonds is 3. The van der Waals surface area contributed by atoms with Crippen LogP contribution in [0.15, 0.2) is 36.4 Å². The monoisotopic (exact) mass is 237 g/mol. The molecule has 0 aromatic heterocycles. The summed E-state index contributed by atoms with van der Waals surface area (Å²) in [6, 6.07) is 7.57. The van der Waals surface area contributed by atoms with E-state index in [9.17, 15) is 8.42 Å². The molecule has 1 unspecified atom stereocenters. The van der Waals surface area contributed by atoms with E-state index in [2.05, 4.69) is 16.9 Å². The van der Waals surface area contributed by atoms with Gasteiger partial charge in [-0.05, 0) is 24.5 Å². The Kier molecular flexibility index (Phi) is 3.01. The Bertz CT molecular complexity index is 506. The van der Waals surface area contributed by atoms with Crippen molar-refractivity contribution in [1.82, 2.24) is 0 Å². The van der Waals surface area contributed by atoms with Gasteiger partial charge in [0.1, 0.15) is 0 Å². The van der Waals surface area contributed by atoms with Gasteiger partial charge in [-0.1, -0.05) is 30.4 Å². The summed E-state index contributed by atoms with van der Waals surface area (Å²) in [6.07, 6.45) is 7.58. The van der Waals surface area contributed by atoms with Crippen LogP contribution in [0, 0.1) is 0 Å². The minimum absolute atomic E-state index is 0.338. The van der Waals surface area contributed by atoms with E-state index in [1.807, 2.05) is 24.3 Å². The van der Waals surface area contributed by atoms with Crippen molar-refractivity contribution in [3.63, 3.8) is 0 Å². The lowest BCUT2D eigenvalue weighted by molar-refractivity contribution is 0.606. The molecule has 86 valence electrons. The molecule has 3 nitrogen and oxygen atoms in total. The zero-order chi connectivity index (χ0) is 11.6. The average Bonchev–Trinajstić information content (AvgIpc) is 2.69. The van der Waals surface area contributed by atoms with E-state index >= 15 is 0 Å². The third-order valence-electron chi connectivity index (χ3n) is 2.67. The molecule has 0 heterocycles. The average molecular weight is 237 g/mol. The van der Waals surface area contributed by atoms with Crippen LogP contribution in [-0.2, 0) is 10.0 Å². The minimum atomic E-state index is -3.20. The van der Waals surface area contributed by atoms with Gasteiger partial charge in [-0.2, -0.15) is 0 Å². The van der Waals surface area contributed by atoms with Crippen molar-refractivity contribution in [2.75, 3.05) is 11.0 Å². The van der Waals surface area contributed by atoms with Crippen LogP contribution in [-0.4, -0.2) is 14.7 Å². The molecule has 1 aliphatic carbocycles. The second-order valence-electron chi connectivity index (χ2n) is 4.07. The third-order valence-corrected chi connectivity index (χ3v) is 3.26. The van der Waals surface area contributed by atoms with E-state index in [0.29, 0.717) is 11.6 Å². The molecule has 0 saturated carbocycles. The highest BCUT2D eigenvalue weighted by Crippen LogP contribution is 2.33.